The zero-order chi connectivity index (χ0) is 15.9. The van der Waals surface area contributed by atoms with Gasteiger partial charge in [0.15, 0.2) is 5.43 Å². The molecule has 2 heterocycles. The number of hydrogen-bond acceptors (Lipinski definition) is 3. The molecule has 3 atom stereocenters. The van der Waals surface area contributed by atoms with Gasteiger partial charge in [0.1, 0.15) is 5.56 Å². The Balaban J connectivity index is 1.82. The Bertz CT molecular complexity index is 639. The normalized spacial score (nSPS) is 31.1. The number of aryl methyl sites for hydroxylation is 1. The Morgan fingerprint density at radius 2 is 2.27 bits per heavy atom. The molecule has 120 valence electrons. The van der Waals surface area contributed by atoms with Crippen molar-refractivity contribution in [2.75, 3.05) is 13.1 Å². The molecule has 2 aliphatic rings. The van der Waals surface area contributed by atoms with Gasteiger partial charge in [0.05, 0.1) is 5.60 Å². The molecule has 2 fully saturated rings. The number of aromatic nitrogens is 1. The Labute approximate surface area is 130 Å². The van der Waals surface area contributed by atoms with Gasteiger partial charge in [0.2, 0.25) is 0 Å². The van der Waals surface area contributed by atoms with E-state index in [4.69, 9.17) is 0 Å². The van der Waals surface area contributed by atoms with Gasteiger partial charge in [0, 0.05) is 37.0 Å². The first kappa shape index (κ1) is 15.3. The van der Waals surface area contributed by atoms with Crippen molar-refractivity contribution in [2.24, 2.45) is 11.8 Å². The summed E-state index contributed by atoms with van der Waals surface area (Å²) in [7, 11) is 0. The highest BCUT2D eigenvalue weighted by atomic mass is 16.3. The SMILES string of the molecule is CC[C@@]1(O)CCC[C@@H]2CN(C(=O)c3c[nH]c(C)cc3=O)C[C@@H]21. The van der Waals surface area contributed by atoms with E-state index in [1.165, 1.54) is 12.3 Å². The van der Waals surface area contributed by atoms with Crippen molar-refractivity contribution in [2.45, 2.75) is 45.1 Å². The summed E-state index contributed by atoms with van der Waals surface area (Å²) >= 11 is 0. The van der Waals surface area contributed by atoms with Crippen LogP contribution in [0.2, 0.25) is 0 Å². The van der Waals surface area contributed by atoms with Gasteiger partial charge in [-0.1, -0.05) is 13.3 Å². The molecular formula is C17H24N2O3. The summed E-state index contributed by atoms with van der Waals surface area (Å²) in [4.78, 5) is 29.4. The Hall–Kier alpha value is -1.62. The highest BCUT2D eigenvalue weighted by molar-refractivity contribution is 5.94. The molecular weight excluding hydrogens is 280 g/mol. The number of carbonyl (C=O) groups is 1. The Morgan fingerprint density at radius 1 is 1.50 bits per heavy atom. The minimum absolute atomic E-state index is 0.139. The van der Waals surface area contributed by atoms with Crippen molar-refractivity contribution in [1.82, 2.24) is 9.88 Å². The maximum absolute atomic E-state index is 12.6. The number of H-pyrrole nitrogens is 1. The van der Waals surface area contributed by atoms with Crippen molar-refractivity contribution in [3.63, 3.8) is 0 Å². The van der Waals surface area contributed by atoms with Gasteiger partial charge in [0.25, 0.3) is 5.91 Å². The quantitative estimate of drug-likeness (QED) is 0.873. The molecule has 1 amide bonds. The van der Waals surface area contributed by atoms with Crippen LogP contribution in [0.5, 0.6) is 0 Å². The minimum Gasteiger partial charge on any atom is -0.390 e. The lowest BCUT2D eigenvalue weighted by Gasteiger charge is -2.40. The lowest BCUT2D eigenvalue weighted by molar-refractivity contribution is -0.0609. The summed E-state index contributed by atoms with van der Waals surface area (Å²) in [6.07, 6.45) is 5.12. The van der Waals surface area contributed by atoms with Crippen LogP contribution >= 0.6 is 0 Å². The fourth-order valence-electron chi connectivity index (χ4n) is 4.14. The van der Waals surface area contributed by atoms with E-state index in [2.05, 4.69) is 4.98 Å². The van der Waals surface area contributed by atoms with Crippen LogP contribution in [0.4, 0.5) is 0 Å². The van der Waals surface area contributed by atoms with Gasteiger partial charge < -0.3 is 15.0 Å². The average Bonchev–Trinajstić information content (AvgIpc) is 2.92. The number of aliphatic hydroxyl groups is 1. The monoisotopic (exact) mass is 304 g/mol. The van der Waals surface area contributed by atoms with Gasteiger partial charge in [-0.2, -0.15) is 0 Å². The first-order chi connectivity index (χ1) is 10.4. The second kappa shape index (κ2) is 5.54. The summed E-state index contributed by atoms with van der Waals surface area (Å²) in [5.74, 6) is 0.279. The number of fused-ring (bicyclic) bond motifs is 1. The first-order valence-corrected chi connectivity index (χ1v) is 8.15. The third-order valence-electron chi connectivity index (χ3n) is 5.50. The van der Waals surface area contributed by atoms with E-state index in [0.717, 1.165) is 31.4 Å². The van der Waals surface area contributed by atoms with Gasteiger partial charge >= 0.3 is 0 Å². The number of amides is 1. The number of nitrogens with zero attached hydrogens (tertiary/aromatic N) is 1. The van der Waals surface area contributed by atoms with E-state index < -0.39 is 5.60 Å². The van der Waals surface area contributed by atoms with Crippen LogP contribution in [0, 0.1) is 18.8 Å². The molecule has 5 heteroatoms. The van der Waals surface area contributed by atoms with E-state index in [9.17, 15) is 14.7 Å². The fourth-order valence-corrected chi connectivity index (χ4v) is 4.14. The molecule has 1 aliphatic carbocycles. The molecule has 1 aliphatic heterocycles. The molecule has 1 saturated heterocycles. The van der Waals surface area contributed by atoms with E-state index in [1.807, 2.05) is 6.92 Å². The topological polar surface area (TPSA) is 73.4 Å². The van der Waals surface area contributed by atoms with Crippen LogP contribution in [0.15, 0.2) is 17.1 Å². The predicted molar refractivity (Wildman–Crippen MR) is 83.8 cm³/mol. The predicted octanol–water partition coefficient (Wildman–Crippen LogP) is 1.70. The Morgan fingerprint density at radius 3 is 2.95 bits per heavy atom. The summed E-state index contributed by atoms with van der Waals surface area (Å²) in [6.45, 7) is 5.01. The van der Waals surface area contributed by atoms with Gasteiger partial charge in [-0.15, -0.1) is 0 Å². The molecule has 0 unspecified atom stereocenters. The molecule has 3 rings (SSSR count). The third kappa shape index (κ3) is 2.47. The summed E-state index contributed by atoms with van der Waals surface area (Å²) in [5, 5.41) is 10.8. The molecule has 0 aromatic carbocycles. The Kier molecular flexibility index (Phi) is 3.85. The third-order valence-corrected chi connectivity index (χ3v) is 5.50. The lowest BCUT2D eigenvalue weighted by Crippen LogP contribution is -2.44. The molecule has 22 heavy (non-hydrogen) atoms. The van der Waals surface area contributed by atoms with Crippen LogP contribution in [0.25, 0.3) is 0 Å². The molecule has 5 nitrogen and oxygen atoms in total. The average molecular weight is 304 g/mol. The maximum Gasteiger partial charge on any atom is 0.259 e. The zero-order valence-electron chi connectivity index (χ0n) is 13.3. The standard InChI is InChI=1S/C17H24N2O3/c1-3-17(22)6-4-5-12-9-19(10-14(12)17)16(21)13-8-18-11(2)7-15(13)20/h7-8,12,14,22H,3-6,9-10H2,1-2H3,(H,18,20)/t12-,14+,17-/m1/s1. The van der Waals surface area contributed by atoms with E-state index in [-0.39, 0.29) is 22.8 Å². The van der Waals surface area contributed by atoms with Crippen LogP contribution in [0.1, 0.15) is 48.7 Å². The highest BCUT2D eigenvalue weighted by Crippen LogP contribution is 2.44. The number of rotatable bonds is 2. The van der Waals surface area contributed by atoms with Crippen LogP contribution in [-0.2, 0) is 0 Å². The second-order valence-electron chi connectivity index (χ2n) is 6.82. The lowest BCUT2D eigenvalue weighted by atomic mass is 9.69. The van der Waals surface area contributed by atoms with E-state index in [0.29, 0.717) is 19.0 Å². The number of carbonyl (C=O) groups excluding carboxylic acids is 1. The van der Waals surface area contributed by atoms with E-state index >= 15 is 0 Å². The maximum atomic E-state index is 12.6. The van der Waals surface area contributed by atoms with Gasteiger partial charge in [-0.25, -0.2) is 0 Å². The first-order valence-electron chi connectivity index (χ1n) is 8.15. The number of aromatic amines is 1. The van der Waals surface area contributed by atoms with Crippen LogP contribution in [0.3, 0.4) is 0 Å². The van der Waals surface area contributed by atoms with Gasteiger partial charge in [-0.3, -0.25) is 9.59 Å². The number of pyridine rings is 1. The molecule has 1 aromatic heterocycles. The molecule has 0 spiro atoms. The highest BCUT2D eigenvalue weighted by Gasteiger charge is 2.48. The number of nitrogens with one attached hydrogen (secondary N) is 1. The fraction of sp³-hybridized carbons (Fsp3) is 0.647. The zero-order valence-corrected chi connectivity index (χ0v) is 13.3. The molecule has 0 bridgehead atoms. The molecule has 1 saturated carbocycles. The number of likely N-dealkylation sites (tertiary alicyclic amines) is 1. The van der Waals surface area contributed by atoms with Crippen molar-refractivity contribution in [3.8, 4) is 0 Å². The van der Waals surface area contributed by atoms with E-state index in [1.54, 1.807) is 11.8 Å². The van der Waals surface area contributed by atoms with Crippen molar-refractivity contribution in [1.29, 1.82) is 0 Å². The van der Waals surface area contributed by atoms with Gasteiger partial charge in [-0.05, 0) is 32.1 Å². The molecule has 0 radical (unpaired) electrons. The number of hydrogen-bond donors (Lipinski definition) is 2. The minimum atomic E-state index is -0.655. The largest absolute Gasteiger partial charge is 0.390 e. The summed E-state index contributed by atoms with van der Waals surface area (Å²) in [6, 6.07) is 1.46. The molecule has 2 N–H and O–H groups in total. The van der Waals surface area contributed by atoms with Crippen molar-refractivity contribution >= 4 is 5.91 Å². The summed E-state index contributed by atoms with van der Waals surface area (Å²) in [5.41, 5.74) is 0.0561. The summed E-state index contributed by atoms with van der Waals surface area (Å²) < 4.78 is 0. The smallest absolute Gasteiger partial charge is 0.259 e. The van der Waals surface area contributed by atoms with Crippen LogP contribution in [-0.4, -0.2) is 39.6 Å². The molecule has 1 aromatic rings. The van der Waals surface area contributed by atoms with Crippen molar-refractivity contribution < 1.29 is 9.90 Å². The second-order valence-corrected chi connectivity index (χ2v) is 6.82. The van der Waals surface area contributed by atoms with Crippen LogP contribution < -0.4 is 5.43 Å². The van der Waals surface area contributed by atoms with Crippen molar-refractivity contribution in [3.05, 3.63) is 33.7 Å².